The van der Waals surface area contributed by atoms with Crippen LogP contribution in [-0.4, -0.2) is 25.5 Å². The van der Waals surface area contributed by atoms with Crippen LogP contribution >= 0.6 is 0 Å². The molecule has 2 N–H and O–H groups in total. The summed E-state index contributed by atoms with van der Waals surface area (Å²) in [6, 6.07) is 2.35. The molecular formula is C12H14FNO4S. The molecule has 1 aliphatic carbocycles. The third-order valence-electron chi connectivity index (χ3n) is 3.10. The van der Waals surface area contributed by atoms with Crippen molar-refractivity contribution in [3.05, 3.63) is 29.6 Å². The first-order valence-corrected chi connectivity index (χ1v) is 7.31. The molecule has 1 aliphatic rings. The number of carbonyl (C=O) groups is 1. The fraction of sp³-hybridized carbons (Fsp3) is 0.417. The van der Waals surface area contributed by atoms with E-state index in [1.54, 1.807) is 0 Å². The molecule has 7 heteroatoms. The van der Waals surface area contributed by atoms with Gasteiger partial charge < -0.3 is 5.11 Å². The molecule has 1 aromatic rings. The van der Waals surface area contributed by atoms with Crippen LogP contribution < -0.4 is 4.72 Å². The Morgan fingerprint density at radius 1 is 1.47 bits per heavy atom. The molecule has 0 spiro atoms. The van der Waals surface area contributed by atoms with Gasteiger partial charge in [0.25, 0.3) is 0 Å². The first-order chi connectivity index (χ1) is 8.81. The van der Waals surface area contributed by atoms with Crippen molar-refractivity contribution < 1.29 is 22.7 Å². The van der Waals surface area contributed by atoms with Crippen molar-refractivity contribution in [2.24, 2.45) is 5.92 Å². The van der Waals surface area contributed by atoms with Crippen molar-refractivity contribution in [1.82, 2.24) is 4.72 Å². The third-order valence-corrected chi connectivity index (χ3v) is 4.53. The maximum Gasteiger partial charge on any atom is 0.322 e. The van der Waals surface area contributed by atoms with Crippen LogP contribution in [0.4, 0.5) is 4.39 Å². The van der Waals surface area contributed by atoms with Crippen molar-refractivity contribution in [3.63, 3.8) is 0 Å². The molecule has 1 saturated carbocycles. The molecule has 0 radical (unpaired) electrons. The van der Waals surface area contributed by atoms with Gasteiger partial charge in [-0.3, -0.25) is 4.79 Å². The normalized spacial score (nSPS) is 17.2. The van der Waals surface area contributed by atoms with Crippen LogP contribution in [-0.2, 0) is 14.8 Å². The number of aliphatic carboxylic acids is 1. The molecule has 1 aromatic carbocycles. The van der Waals surface area contributed by atoms with Gasteiger partial charge in [0.05, 0.1) is 4.90 Å². The van der Waals surface area contributed by atoms with Gasteiger partial charge >= 0.3 is 5.97 Å². The van der Waals surface area contributed by atoms with Crippen LogP contribution in [0, 0.1) is 18.7 Å². The van der Waals surface area contributed by atoms with Gasteiger partial charge in [-0.1, -0.05) is 6.07 Å². The molecule has 0 bridgehead atoms. The summed E-state index contributed by atoms with van der Waals surface area (Å²) < 4.78 is 39.5. The molecule has 0 amide bonds. The Morgan fingerprint density at radius 3 is 2.58 bits per heavy atom. The first-order valence-electron chi connectivity index (χ1n) is 5.82. The lowest BCUT2D eigenvalue weighted by Gasteiger charge is -2.14. The van der Waals surface area contributed by atoms with E-state index in [1.165, 1.54) is 19.1 Å². The summed E-state index contributed by atoms with van der Waals surface area (Å²) in [6.07, 6.45) is 1.36. The Balaban J connectivity index is 2.26. The minimum Gasteiger partial charge on any atom is -0.480 e. The third kappa shape index (κ3) is 3.10. The maximum atomic E-state index is 13.4. The number of sulfonamides is 1. The number of hydrogen-bond donors (Lipinski definition) is 2. The molecule has 1 atom stereocenters. The fourth-order valence-electron chi connectivity index (χ4n) is 1.75. The van der Waals surface area contributed by atoms with Gasteiger partial charge in [-0.25, -0.2) is 12.8 Å². The van der Waals surface area contributed by atoms with Crippen molar-refractivity contribution in [2.45, 2.75) is 30.7 Å². The van der Waals surface area contributed by atoms with Crippen LogP contribution in [0.3, 0.4) is 0 Å². The summed E-state index contributed by atoms with van der Waals surface area (Å²) in [4.78, 5) is 10.7. The zero-order valence-corrected chi connectivity index (χ0v) is 11.1. The Kier molecular flexibility index (Phi) is 3.60. The van der Waals surface area contributed by atoms with E-state index in [9.17, 15) is 17.6 Å². The van der Waals surface area contributed by atoms with Gasteiger partial charge in [-0.2, -0.15) is 4.72 Å². The molecule has 104 valence electrons. The minimum atomic E-state index is -4.02. The van der Waals surface area contributed by atoms with E-state index in [2.05, 4.69) is 4.72 Å². The highest BCUT2D eigenvalue weighted by Crippen LogP contribution is 2.33. The van der Waals surface area contributed by atoms with Crippen molar-refractivity contribution in [3.8, 4) is 0 Å². The molecule has 0 aromatic heterocycles. The summed E-state index contributed by atoms with van der Waals surface area (Å²) in [7, 11) is -4.02. The fourth-order valence-corrected chi connectivity index (χ4v) is 3.02. The molecule has 0 heterocycles. The standard InChI is InChI=1S/C12H14FNO4S/c1-7-2-5-9(6-10(7)13)19(17,18)14-11(12(15)16)8-3-4-8/h2,5-6,8,11,14H,3-4H2,1H3,(H,15,16). The van der Waals surface area contributed by atoms with Gasteiger partial charge in [0.1, 0.15) is 11.9 Å². The van der Waals surface area contributed by atoms with Crippen LogP contribution in [0.2, 0.25) is 0 Å². The molecule has 0 saturated heterocycles. The second kappa shape index (κ2) is 4.90. The van der Waals surface area contributed by atoms with E-state index in [4.69, 9.17) is 5.11 Å². The molecule has 19 heavy (non-hydrogen) atoms. The van der Waals surface area contributed by atoms with Gasteiger partial charge in [-0.15, -0.1) is 0 Å². The number of carboxylic acids is 1. The summed E-state index contributed by atoms with van der Waals surface area (Å²) >= 11 is 0. The van der Waals surface area contributed by atoms with Crippen molar-refractivity contribution in [1.29, 1.82) is 0 Å². The Bertz CT molecular complexity index is 610. The summed E-state index contributed by atoms with van der Waals surface area (Å²) in [5.41, 5.74) is 0.330. The summed E-state index contributed by atoms with van der Waals surface area (Å²) in [5.74, 6) is -2.03. The lowest BCUT2D eigenvalue weighted by molar-refractivity contribution is -0.139. The average Bonchev–Trinajstić information content (AvgIpc) is 3.13. The first kappa shape index (κ1) is 14.0. The largest absolute Gasteiger partial charge is 0.480 e. The lowest BCUT2D eigenvalue weighted by Crippen LogP contribution is -2.42. The van der Waals surface area contributed by atoms with E-state index in [0.717, 1.165) is 6.07 Å². The van der Waals surface area contributed by atoms with Crippen LogP contribution in [0.5, 0.6) is 0 Å². The van der Waals surface area contributed by atoms with E-state index in [0.29, 0.717) is 18.4 Å². The monoisotopic (exact) mass is 287 g/mol. The van der Waals surface area contributed by atoms with Crippen LogP contribution in [0.15, 0.2) is 23.1 Å². The number of benzene rings is 1. The Labute approximate surface area is 110 Å². The highest BCUT2D eigenvalue weighted by atomic mass is 32.2. The van der Waals surface area contributed by atoms with E-state index < -0.39 is 27.9 Å². The van der Waals surface area contributed by atoms with E-state index in [-0.39, 0.29) is 10.8 Å². The van der Waals surface area contributed by atoms with Gasteiger partial charge in [0.2, 0.25) is 10.0 Å². The maximum absolute atomic E-state index is 13.4. The number of nitrogens with one attached hydrogen (secondary N) is 1. The van der Waals surface area contributed by atoms with Crippen LogP contribution in [0.1, 0.15) is 18.4 Å². The number of hydrogen-bond acceptors (Lipinski definition) is 3. The summed E-state index contributed by atoms with van der Waals surface area (Å²) in [5, 5.41) is 8.99. The van der Waals surface area contributed by atoms with Gasteiger partial charge in [0, 0.05) is 0 Å². The molecule has 0 aliphatic heterocycles. The smallest absolute Gasteiger partial charge is 0.322 e. The number of halogens is 1. The van der Waals surface area contributed by atoms with Crippen molar-refractivity contribution in [2.75, 3.05) is 0 Å². The SMILES string of the molecule is Cc1ccc(S(=O)(=O)NC(C(=O)O)C2CC2)cc1F. The number of carboxylic acid groups (broad SMARTS) is 1. The Hall–Kier alpha value is -1.47. The predicted molar refractivity (Wildman–Crippen MR) is 65.6 cm³/mol. The highest BCUT2D eigenvalue weighted by Gasteiger charge is 2.39. The zero-order valence-electron chi connectivity index (χ0n) is 10.3. The van der Waals surface area contributed by atoms with Crippen LogP contribution in [0.25, 0.3) is 0 Å². The topological polar surface area (TPSA) is 83.5 Å². The lowest BCUT2D eigenvalue weighted by atomic mass is 10.2. The van der Waals surface area contributed by atoms with Crippen molar-refractivity contribution >= 4 is 16.0 Å². The zero-order chi connectivity index (χ0) is 14.2. The van der Waals surface area contributed by atoms with Gasteiger partial charge in [0.15, 0.2) is 0 Å². The highest BCUT2D eigenvalue weighted by molar-refractivity contribution is 7.89. The van der Waals surface area contributed by atoms with E-state index in [1.807, 2.05) is 0 Å². The minimum absolute atomic E-state index is 0.178. The summed E-state index contributed by atoms with van der Waals surface area (Å²) in [6.45, 7) is 1.52. The average molecular weight is 287 g/mol. The van der Waals surface area contributed by atoms with E-state index >= 15 is 0 Å². The molecule has 1 fully saturated rings. The molecule has 1 unspecified atom stereocenters. The predicted octanol–water partition coefficient (Wildman–Crippen LogP) is 1.28. The second-order valence-corrected chi connectivity index (χ2v) is 6.40. The quantitative estimate of drug-likeness (QED) is 0.854. The molecular weight excluding hydrogens is 273 g/mol. The molecule has 2 rings (SSSR count). The number of aryl methyl sites for hydroxylation is 1. The molecule has 5 nitrogen and oxygen atoms in total. The Morgan fingerprint density at radius 2 is 2.11 bits per heavy atom. The van der Waals surface area contributed by atoms with Gasteiger partial charge in [-0.05, 0) is 43.4 Å². The second-order valence-electron chi connectivity index (χ2n) is 4.69. The number of rotatable bonds is 5.